The Morgan fingerprint density at radius 3 is 2.52 bits per heavy atom. The third-order valence-electron chi connectivity index (χ3n) is 6.30. The van der Waals surface area contributed by atoms with Crippen molar-refractivity contribution in [3.8, 4) is 0 Å². The smallest absolute Gasteiger partial charge is 0.411 e. The first-order valence-corrected chi connectivity index (χ1v) is 10.6. The first kappa shape index (κ1) is 20.2. The van der Waals surface area contributed by atoms with E-state index in [-0.39, 0.29) is 42.1 Å². The molecule has 6 atom stereocenters. The summed E-state index contributed by atoms with van der Waals surface area (Å²) in [5.74, 6) is 0.657. The number of esters is 1. The second-order valence-corrected chi connectivity index (χ2v) is 9.54. The molecule has 3 fully saturated rings. The summed E-state index contributed by atoms with van der Waals surface area (Å²) in [5.41, 5.74) is -0.490. The van der Waals surface area contributed by atoms with Crippen molar-refractivity contribution in [2.45, 2.75) is 96.9 Å². The summed E-state index contributed by atoms with van der Waals surface area (Å²) in [5, 5.41) is 0. The van der Waals surface area contributed by atoms with Crippen LogP contribution in [-0.4, -0.2) is 40.8 Å². The van der Waals surface area contributed by atoms with Crippen molar-refractivity contribution in [2.75, 3.05) is 0 Å². The van der Waals surface area contributed by atoms with Crippen LogP contribution in [0, 0.1) is 17.8 Å². The van der Waals surface area contributed by atoms with E-state index < -0.39 is 5.60 Å². The van der Waals surface area contributed by atoms with Crippen LogP contribution in [0.5, 0.6) is 0 Å². The van der Waals surface area contributed by atoms with Gasteiger partial charge in [-0.3, -0.25) is 9.69 Å². The van der Waals surface area contributed by atoms with Gasteiger partial charge in [0.2, 0.25) is 0 Å². The van der Waals surface area contributed by atoms with Gasteiger partial charge in [-0.15, -0.1) is 0 Å². The lowest BCUT2D eigenvalue weighted by molar-refractivity contribution is -0.143. The SMILES string of the molecule is CC1OC(=O)C2CCCC(/C=C/[C@H]3CCC[C@H](C)N3C(=O)OC(C)(C)C)C12. The molecular weight excluding hydrogens is 342 g/mol. The van der Waals surface area contributed by atoms with Gasteiger partial charge in [0, 0.05) is 12.0 Å². The molecule has 3 rings (SSSR count). The van der Waals surface area contributed by atoms with Crippen LogP contribution in [0.3, 0.4) is 0 Å². The number of carbonyl (C=O) groups is 2. The number of hydrogen-bond donors (Lipinski definition) is 0. The Morgan fingerprint density at radius 1 is 1.11 bits per heavy atom. The minimum absolute atomic E-state index is 0.00955. The van der Waals surface area contributed by atoms with E-state index in [2.05, 4.69) is 19.1 Å². The van der Waals surface area contributed by atoms with Gasteiger partial charge in [-0.25, -0.2) is 4.79 Å². The van der Waals surface area contributed by atoms with E-state index in [0.717, 1.165) is 38.5 Å². The molecular formula is C22H35NO4. The fraction of sp³-hybridized carbons (Fsp3) is 0.818. The largest absolute Gasteiger partial charge is 0.462 e. The average Bonchev–Trinajstić information content (AvgIpc) is 2.86. The number of amides is 1. The van der Waals surface area contributed by atoms with Gasteiger partial charge in [-0.2, -0.15) is 0 Å². The number of ether oxygens (including phenoxy) is 2. The number of carbonyl (C=O) groups excluding carboxylic acids is 2. The van der Waals surface area contributed by atoms with Gasteiger partial charge in [0.05, 0.1) is 12.0 Å². The summed E-state index contributed by atoms with van der Waals surface area (Å²) >= 11 is 0. The van der Waals surface area contributed by atoms with Crippen LogP contribution in [0.4, 0.5) is 4.79 Å². The molecule has 0 aromatic heterocycles. The van der Waals surface area contributed by atoms with Crippen molar-refractivity contribution in [2.24, 2.45) is 17.8 Å². The Kier molecular flexibility index (Phi) is 5.87. The summed E-state index contributed by atoms with van der Waals surface area (Å²) in [6, 6.07) is 0.245. The molecule has 0 radical (unpaired) electrons. The summed E-state index contributed by atoms with van der Waals surface area (Å²) in [6.07, 6.45) is 10.4. The molecule has 1 amide bonds. The van der Waals surface area contributed by atoms with E-state index in [0.29, 0.717) is 5.92 Å². The quantitative estimate of drug-likeness (QED) is 0.517. The second kappa shape index (κ2) is 7.84. The molecule has 0 aromatic carbocycles. The summed E-state index contributed by atoms with van der Waals surface area (Å²) in [6.45, 7) is 9.84. The lowest BCUT2D eigenvalue weighted by atomic mass is 9.71. The molecule has 0 aromatic rings. The molecule has 27 heavy (non-hydrogen) atoms. The Hall–Kier alpha value is -1.52. The maximum Gasteiger partial charge on any atom is 0.411 e. The molecule has 2 saturated heterocycles. The maximum atomic E-state index is 12.8. The maximum absolute atomic E-state index is 12.8. The van der Waals surface area contributed by atoms with Gasteiger partial charge in [-0.1, -0.05) is 18.6 Å². The number of rotatable bonds is 2. The molecule has 5 heteroatoms. The van der Waals surface area contributed by atoms with Gasteiger partial charge < -0.3 is 9.47 Å². The number of likely N-dealkylation sites (tertiary alicyclic amines) is 1. The molecule has 4 unspecified atom stereocenters. The van der Waals surface area contributed by atoms with Crippen molar-refractivity contribution in [1.82, 2.24) is 4.90 Å². The van der Waals surface area contributed by atoms with Crippen molar-refractivity contribution >= 4 is 12.1 Å². The minimum Gasteiger partial charge on any atom is -0.462 e. The fourth-order valence-electron chi connectivity index (χ4n) is 5.10. The van der Waals surface area contributed by atoms with Crippen molar-refractivity contribution in [1.29, 1.82) is 0 Å². The van der Waals surface area contributed by atoms with Gasteiger partial charge in [0.15, 0.2) is 0 Å². The van der Waals surface area contributed by atoms with E-state index in [9.17, 15) is 9.59 Å². The number of hydrogen-bond acceptors (Lipinski definition) is 4. The number of cyclic esters (lactones) is 1. The number of fused-ring (bicyclic) bond motifs is 1. The minimum atomic E-state index is -0.490. The highest BCUT2D eigenvalue weighted by Gasteiger charge is 2.47. The Balaban J connectivity index is 1.73. The summed E-state index contributed by atoms with van der Waals surface area (Å²) < 4.78 is 11.2. The summed E-state index contributed by atoms with van der Waals surface area (Å²) in [4.78, 5) is 26.7. The van der Waals surface area contributed by atoms with Gasteiger partial charge in [0.1, 0.15) is 11.7 Å². The highest BCUT2D eigenvalue weighted by atomic mass is 16.6. The van der Waals surface area contributed by atoms with E-state index >= 15 is 0 Å². The van der Waals surface area contributed by atoms with Crippen LogP contribution in [0.1, 0.15) is 73.1 Å². The number of nitrogens with zero attached hydrogens (tertiary/aromatic N) is 1. The first-order valence-electron chi connectivity index (χ1n) is 10.6. The zero-order valence-corrected chi connectivity index (χ0v) is 17.4. The predicted octanol–water partition coefficient (Wildman–Crippen LogP) is 4.70. The monoisotopic (exact) mass is 377 g/mol. The van der Waals surface area contributed by atoms with Crippen LogP contribution in [-0.2, 0) is 14.3 Å². The van der Waals surface area contributed by atoms with Crippen molar-refractivity contribution in [3.05, 3.63) is 12.2 Å². The van der Waals surface area contributed by atoms with E-state index in [1.54, 1.807) is 0 Å². The standard InChI is InChI=1S/C22H35NO4/c1-14-8-6-10-17(23(14)21(25)27-22(3,4)5)13-12-16-9-7-11-18-19(16)15(2)26-20(18)24/h12-19H,6-11H2,1-5H3/b13-12+/t14-,15?,16?,17+,18?,19?/m0/s1. The summed E-state index contributed by atoms with van der Waals surface area (Å²) in [7, 11) is 0. The molecule has 5 nitrogen and oxygen atoms in total. The molecule has 1 saturated carbocycles. The lowest BCUT2D eigenvalue weighted by Gasteiger charge is -2.40. The molecule has 152 valence electrons. The first-order chi connectivity index (χ1) is 12.7. The third-order valence-corrected chi connectivity index (χ3v) is 6.30. The molecule has 0 bridgehead atoms. The van der Waals surface area contributed by atoms with Crippen LogP contribution in [0.15, 0.2) is 12.2 Å². The van der Waals surface area contributed by atoms with E-state index in [1.165, 1.54) is 0 Å². The Morgan fingerprint density at radius 2 is 1.81 bits per heavy atom. The fourth-order valence-corrected chi connectivity index (χ4v) is 5.10. The zero-order chi connectivity index (χ0) is 19.8. The number of allylic oxidation sites excluding steroid dienone is 1. The Labute approximate surface area is 163 Å². The highest BCUT2D eigenvalue weighted by Crippen LogP contribution is 2.44. The second-order valence-electron chi connectivity index (χ2n) is 9.54. The van der Waals surface area contributed by atoms with Gasteiger partial charge >= 0.3 is 12.1 Å². The average molecular weight is 378 g/mol. The molecule has 0 spiro atoms. The van der Waals surface area contributed by atoms with Gasteiger partial charge in [-0.05, 0) is 72.6 Å². The van der Waals surface area contributed by atoms with Crippen LogP contribution in [0.25, 0.3) is 0 Å². The molecule has 3 aliphatic rings. The Bertz CT molecular complexity index is 594. The van der Waals surface area contributed by atoms with Crippen LogP contribution < -0.4 is 0 Å². The van der Waals surface area contributed by atoms with Crippen molar-refractivity contribution in [3.63, 3.8) is 0 Å². The molecule has 2 aliphatic heterocycles. The molecule has 1 aliphatic carbocycles. The number of piperidine rings is 1. The normalized spacial score (nSPS) is 37.2. The molecule has 0 N–H and O–H groups in total. The topological polar surface area (TPSA) is 55.8 Å². The zero-order valence-electron chi connectivity index (χ0n) is 17.4. The van der Waals surface area contributed by atoms with Gasteiger partial charge in [0.25, 0.3) is 0 Å². The van der Waals surface area contributed by atoms with E-state index in [4.69, 9.17) is 9.47 Å². The van der Waals surface area contributed by atoms with Crippen molar-refractivity contribution < 1.29 is 19.1 Å². The third kappa shape index (κ3) is 4.49. The lowest BCUT2D eigenvalue weighted by Crippen LogP contribution is -2.50. The van der Waals surface area contributed by atoms with E-state index in [1.807, 2.05) is 32.6 Å². The van der Waals surface area contributed by atoms with Crippen LogP contribution in [0.2, 0.25) is 0 Å². The molecule has 2 heterocycles. The predicted molar refractivity (Wildman–Crippen MR) is 104 cm³/mol. The highest BCUT2D eigenvalue weighted by molar-refractivity contribution is 5.75. The van der Waals surface area contributed by atoms with Crippen LogP contribution >= 0.6 is 0 Å².